The Morgan fingerprint density at radius 1 is 1.50 bits per heavy atom. The van der Waals surface area contributed by atoms with Crippen LogP contribution in [0.2, 0.25) is 0 Å². The van der Waals surface area contributed by atoms with Crippen molar-refractivity contribution >= 4 is 5.95 Å². The molecule has 0 fully saturated rings. The van der Waals surface area contributed by atoms with Crippen LogP contribution in [0.1, 0.15) is 23.9 Å². The van der Waals surface area contributed by atoms with Gasteiger partial charge in [-0.25, -0.2) is 4.98 Å². The molecule has 1 atom stereocenters. The summed E-state index contributed by atoms with van der Waals surface area (Å²) >= 11 is 0. The Bertz CT molecular complexity index is 510. The lowest BCUT2D eigenvalue weighted by molar-refractivity contribution is 0.515. The molecule has 0 saturated carbocycles. The van der Waals surface area contributed by atoms with E-state index < -0.39 is 0 Å². The molecule has 2 aromatic heterocycles. The van der Waals surface area contributed by atoms with Gasteiger partial charge in [-0.2, -0.15) is 5.10 Å². The fraction of sp³-hybridized carbons (Fsp3) is 0.455. The van der Waals surface area contributed by atoms with Gasteiger partial charge in [-0.15, -0.1) is 0 Å². The van der Waals surface area contributed by atoms with Crippen LogP contribution in [0.5, 0.6) is 0 Å². The van der Waals surface area contributed by atoms with Crippen LogP contribution in [-0.2, 0) is 13.6 Å². The van der Waals surface area contributed by atoms with Crippen molar-refractivity contribution in [2.45, 2.75) is 25.9 Å². The van der Waals surface area contributed by atoms with Gasteiger partial charge in [0.15, 0.2) is 0 Å². The molecular weight excluding hydrogens is 202 g/mol. The van der Waals surface area contributed by atoms with E-state index in [1.807, 2.05) is 24.9 Å². The third-order valence-electron chi connectivity index (χ3n) is 3.07. The van der Waals surface area contributed by atoms with Crippen LogP contribution >= 0.6 is 0 Å². The topological polar surface area (TPSA) is 47.7 Å². The highest BCUT2D eigenvalue weighted by Gasteiger charge is 2.22. The molecule has 0 aliphatic carbocycles. The smallest absolute Gasteiger partial charge is 0.203 e. The molecule has 1 N–H and O–H groups in total. The molecular formula is C11H15N5. The highest BCUT2D eigenvalue weighted by Crippen LogP contribution is 2.27. The molecule has 0 bridgehead atoms. The molecule has 0 aromatic carbocycles. The largest absolute Gasteiger partial charge is 0.347 e. The molecule has 1 aliphatic rings. The maximum absolute atomic E-state index is 4.46. The van der Waals surface area contributed by atoms with Crippen molar-refractivity contribution in [3.8, 4) is 0 Å². The van der Waals surface area contributed by atoms with Gasteiger partial charge in [-0.1, -0.05) is 0 Å². The molecule has 0 amide bonds. The lowest BCUT2D eigenvalue weighted by Gasteiger charge is -2.25. The van der Waals surface area contributed by atoms with Crippen LogP contribution in [0.3, 0.4) is 0 Å². The second kappa shape index (κ2) is 3.37. The van der Waals surface area contributed by atoms with E-state index in [0.29, 0.717) is 6.04 Å². The fourth-order valence-corrected chi connectivity index (χ4v) is 2.28. The predicted octanol–water partition coefficient (Wildman–Crippen LogP) is 1.48. The van der Waals surface area contributed by atoms with Gasteiger partial charge in [0, 0.05) is 26.0 Å². The average Bonchev–Trinajstić information content (AvgIpc) is 2.81. The Kier molecular flexibility index (Phi) is 1.99. The number of nitrogens with one attached hydrogen (secondary N) is 1. The number of nitrogens with zero attached hydrogens (tertiary/aromatic N) is 4. The van der Waals surface area contributed by atoms with E-state index in [0.717, 1.165) is 24.6 Å². The molecule has 0 radical (unpaired) electrons. The number of hydrogen-bond acceptors (Lipinski definition) is 3. The number of imidazole rings is 1. The molecule has 1 unspecified atom stereocenters. The third-order valence-corrected chi connectivity index (χ3v) is 3.07. The highest BCUT2D eigenvalue weighted by molar-refractivity contribution is 5.34. The minimum atomic E-state index is 0.321. The minimum Gasteiger partial charge on any atom is -0.347 e. The van der Waals surface area contributed by atoms with Crippen molar-refractivity contribution in [2.75, 3.05) is 5.32 Å². The van der Waals surface area contributed by atoms with E-state index in [2.05, 4.69) is 32.2 Å². The van der Waals surface area contributed by atoms with Crippen LogP contribution in [0, 0.1) is 6.92 Å². The molecule has 16 heavy (non-hydrogen) atoms. The molecule has 84 valence electrons. The van der Waals surface area contributed by atoms with Crippen LogP contribution in [-0.4, -0.2) is 19.3 Å². The molecule has 2 aromatic rings. The SMILES string of the molecule is Cc1cn2c(n1)NC(c1ccnn1C)CC2. The van der Waals surface area contributed by atoms with Gasteiger partial charge in [0.1, 0.15) is 0 Å². The van der Waals surface area contributed by atoms with Crippen LogP contribution in [0.15, 0.2) is 18.5 Å². The molecule has 0 spiro atoms. The predicted molar refractivity (Wildman–Crippen MR) is 61.2 cm³/mol. The fourth-order valence-electron chi connectivity index (χ4n) is 2.28. The van der Waals surface area contributed by atoms with Gasteiger partial charge in [0.25, 0.3) is 0 Å². The van der Waals surface area contributed by atoms with Gasteiger partial charge in [0.05, 0.1) is 17.4 Å². The van der Waals surface area contributed by atoms with Crippen LogP contribution < -0.4 is 5.32 Å². The van der Waals surface area contributed by atoms with Crippen LogP contribution in [0.4, 0.5) is 5.95 Å². The molecule has 0 saturated heterocycles. The van der Waals surface area contributed by atoms with E-state index in [1.165, 1.54) is 5.69 Å². The van der Waals surface area contributed by atoms with E-state index in [-0.39, 0.29) is 0 Å². The number of fused-ring (bicyclic) bond motifs is 1. The molecule has 1 aliphatic heterocycles. The van der Waals surface area contributed by atoms with Gasteiger partial charge >= 0.3 is 0 Å². The maximum Gasteiger partial charge on any atom is 0.203 e. The standard InChI is InChI=1S/C11H15N5/c1-8-7-16-6-4-9(14-11(16)13-8)10-3-5-12-15(10)2/h3,5,7,9H,4,6H2,1-2H3,(H,13,14). The summed E-state index contributed by atoms with van der Waals surface area (Å²) < 4.78 is 4.09. The van der Waals surface area contributed by atoms with Crippen molar-refractivity contribution in [2.24, 2.45) is 7.05 Å². The monoisotopic (exact) mass is 217 g/mol. The number of hydrogen-bond donors (Lipinski definition) is 1. The summed E-state index contributed by atoms with van der Waals surface area (Å²) in [5, 5.41) is 7.65. The van der Waals surface area contributed by atoms with E-state index in [9.17, 15) is 0 Å². The van der Waals surface area contributed by atoms with Gasteiger partial charge in [-0.05, 0) is 19.4 Å². The van der Waals surface area contributed by atoms with Crippen molar-refractivity contribution in [3.63, 3.8) is 0 Å². The first-order chi connectivity index (χ1) is 7.74. The molecule has 3 rings (SSSR count). The van der Waals surface area contributed by atoms with Crippen molar-refractivity contribution in [1.82, 2.24) is 19.3 Å². The lowest BCUT2D eigenvalue weighted by atomic mass is 10.1. The summed E-state index contributed by atoms with van der Waals surface area (Å²) in [5.74, 6) is 0.968. The van der Waals surface area contributed by atoms with E-state index in [1.54, 1.807) is 0 Å². The molecule has 3 heterocycles. The maximum atomic E-state index is 4.46. The number of aryl methyl sites for hydroxylation is 3. The second-order valence-corrected chi connectivity index (χ2v) is 4.26. The number of anilines is 1. The second-order valence-electron chi connectivity index (χ2n) is 4.26. The van der Waals surface area contributed by atoms with Gasteiger partial charge in [0.2, 0.25) is 5.95 Å². The lowest BCUT2D eigenvalue weighted by Crippen LogP contribution is -2.23. The molecule has 5 nitrogen and oxygen atoms in total. The Morgan fingerprint density at radius 3 is 3.12 bits per heavy atom. The third kappa shape index (κ3) is 1.39. The van der Waals surface area contributed by atoms with Gasteiger partial charge < -0.3 is 9.88 Å². The summed E-state index contributed by atoms with van der Waals surface area (Å²) in [7, 11) is 1.98. The zero-order chi connectivity index (χ0) is 11.1. The summed E-state index contributed by atoms with van der Waals surface area (Å²) in [4.78, 5) is 4.46. The number of aromatic nitrogens is 4. The Labute approximate surface area is 94.1 Å². The average molecular weight is 217 g/mol. The summed E-state index contributed by atoms with van der Waals surface area (Å²) in [6.45, 7) is 3.03. The first kappa shape index (κ1) is 9.45. The first-order valence-corrected chi connectivity index (χ1v) is 5.52. The Hall–Kier alpha value is -1.78. The van der Waals surface area contributed by atoms with Crippen molar-refractivity contribution in [1.29, 1.82) is 0 Å². The zero-order valence-electron chi connectivity index (χ0n) is 9.51. The Balaban J connectivity index is 1.90. The molecule has 5 heteroatoms. The quantitative estimate of drug-likeness (QED) is 0.787. The highest BCUT2D eigenvalue weighted by atomic mass is 15.3. The summed E-state index contributed by atoms with van der Waals surface area (Å²) in [5.41, 5.74) is 2.28. The first-order valence-electron chi connectivity index (χ1n) is 5.52. The zero-order valence-corrected chi connectivity index (χ0v) is 9.51. The number of rotatable bonds is 1. The van der Waals surface area contributed by atoms with E-state index in [4.69, 9.17) is 0 Å². The summed E-state index contributed by atoms with van der Waals surface area (Å²) in [6.07, 6.45) is 4.99. The van der Waals surface area contributed by atoms with Gasteiger partial charge in [-0.3, -0.25) is 4.68 Å². The normalized spacial score (nSPS) is 19.2. The van der Waals surface area contributed by atoms with Crippen LogP contribution in [0.25, 0.3) is 0 Å². The van der Waals surface area contributed by atoms with E-state index >= 15 is 0 Å². The van der Waals surface area contributed by atoms with Crippen molar-refractivity contribution in [3.05, 3.63) is 29.8 Å². The minimum absolute atomic E-state index is 0.321. The van der Waals surface area contributed by atoms with Crippen molar-refractivity contribution < 1.29 is 0 Å². The Morgan fingerprint density at radius 2 is 2.38 bits per heavy atom. The summed E-state index contributed by atoms with van der Waals surface area (Å²) in [6, 6.07) is 2.38.